The molecule has 0 aromatic carbocycles. The van der Waals surface area contributed by atoms with Gasteiger partial charge < -0.3 is 45.4 Å². The van der Waals surface area contributed by atoms with E-state index in [4.69, 9.17) is 22.2 Å². The van der Waals surface area contributed by atoms with Gasteiger partial charge in [0.2, 0.25) is 5.60 Å². The number of nitrogen functional groups attached to an aromatic ring is 1. The molecule has 6 rings (SSSR count). The molecule has 3 fully saturated rings. The first kappa shape index (κ1) is 39.9. The van der Waals surface area contributed by atoms with Crippen LogP contribution in [0, 0.1) is 6.92 Å². The number of quaternary nitrogens is 1. The van der Waals surface area contributed by atoms with Gasteiger partial charge in [-0.2, -0.15) is 0 Å². The molecule has 2 saturated heterocycles. The van der Waals surface area contributed by atoms with Crippen molar-refractivity contribution in [1.29, 1.82) is 0 Å². The van der Waals surface area contributed by atoms with Crippen molar-refractivity contribution in [3.8, 4) is 0 Å². The largest absolute Gasteiger partial charge is 0.504 e. The molecule has 2 atom stereocenters. The number of hydrogen-bond donors (Lipinski definition) is 6. The summed E-state index contributed by atoms with van der Waals surface area (Å²) < 4.78 is 2.40. The van der Waals surface area contributed by atoms with E-state index in [1.54, 1.807) is 12.3 Å². The van der Waals surface area contributed by atoms with Crippen molar-refractivity contribution >= 4 is 69.5 Å². The molecular weight excluding hydrogens is 774 g/mol. The number of rotatable bonds is 15. The highest BCUT2D eigenvalue weighted by atomic mass is 35.5. The molecule has 1 saturated carbocycles. The fraction of sp³-hybridized carbons (Fsp3) is 0.444. The number of nitrogens with one attached hydrogen (secondary N) is 1. The number of likely N-dealkylation sites (tertiary alicyclic amines) is 1. The van der Waals surface area contributed by atoms with Gasteiger partial charge in [-0.25, -0.2) is 14.6 Å². The molecule has 4 aliphatic rings. The van der Waals surface area contributed by atoms with Crippen LogP contribution in [0.5, 0.6) is 0 Å². The Balaban J connectivity index is 1.25. The fourth-order valence-corrected chi connectivity index (χ4v) is 9.11. The monoisotopic (exact) mass is 816 g/mol. The van der Waals surface area contributed by atoms with Gasteiger partial charge in [0.15, 0.2) is 27.8 Å². The van der Waals surface area contributed by atoms with Crippen LogP contribution in [0.25, 0.3) is 6.08 Å². The zero-order valence-corrected chi connectivity index (χ0v) is 32.8. The number of aliphatic hydroxyl groups excluding tert-OH is 2. The van der Waals surface area contributed by atoms with Gasteiger partial charge in [0.05, 0.1) is 35.6 Å². The summed E-state index contributed by atoms with van der Waals surface area (Å²) >= 11 is 8.11. The number of thiazole rings is 1. The predicted octanol–water partition coefficient (Wildman–Crippen LogP) is 4.19. The summed E-state index contributed by atoms with van der Waals surface area (Å²) in [5.41, 5.74) is 7.15. The first-order chi connectivity index (χ1) is 26.0. The summed E-state index contributed by atoms with van der Waals surface area (Å²) in [5, 5.41) is 48.6. The number of nitrogens with zero attached hydrogens (tertiary/aromatic N) is 5. The number of pyridine rings is 1. The first-order valence-corrected chi connectivity index (χ1v) is 19.9. The number of β-lactam (4-membered cyclic amide) rings is 1. The van der Waals surface area contributed by atoms with Gasteiger partial charge in [0, 0.05) is 53.4 Å². The van der Waals surface area contributed by atoms with E-state index in [2.05, 4.69) is 22.0 Å². The minimum atomic E-state index is -1.69. The third-order valence-electron chi connectivity index (χ3n) is 10.2. The smallest absolute Gasteiger partial charge is 0.352 e. The number of aliphatic hydroxyl groups is 2. The van der Waals surface area contributed by atoms with Gasteiger partial charge in [0.25, 0.3) is 5.91 Å². The maximum Gasteiger partial charge on any atom is 0.352 e. The van der Waals surface area contributed by atoms with Crippen LogP contribution in [0.15, 0.2) is 62.1 Å². The number of oxime groups is 1. The van der Waals surface area contributed by atoms with Gasteiger partial charge in [-0.15, -0.1) is 23.1 Å². The lowest BCUT2D eigenvalue weighted by Crippen LogP contribution is -2.70. The number of allylic oxidation sites excluding steroid dienone is 1. The molecule has 5 heterocycles. The highest BCUT2D eigenvalue weighted by Gasteiger charge is 2.55. The number of nitrogens with two attached hydrogens (primary N) is 1. The maximum absolute atomic E-state index is 13.9. The highest BCUT2D eigenvalue weighted by molar-refractivity contribution is 8.00. The molecule has 2 aromatic rings. The number of amides is 1. The number of aromatic nitrogens is 2. The predicted molar refractivity (Wildman–Crippen MR) is 208 cm³/mol. The van der Waals surface area contributed by atoms with Crippen molar-refractivity contribution in [3.05, 3.63) is 84.9 Å². The van der Waals surface area contributed by atoms with Crippen LogP contribution in [0.2, 0.25) is 0 Å². The number of halogens is 1. The lowest BCUT2D eigenvalue weighted by Gasteiger charge is -2.50. The molecule has 0 spiro atoms. The van der Waals surface area contributed by atoms with Crippen molar-refractivity contribution in [2.45, 2.75) is 76.1 Å². The standard InChI is InChI=1S/C36H42ClN7O9S2/c1-18-24(11-25(45)26(46)12-37)42(22-7-8-22)13-20(30(18)47)14-44(9-5-6-10-44)15-21-16-54-32-28(31(48)43(32)29(21)33(49)50)39-19(2)27(23-17-55-35(38)40-23)41-53-36(3,4)34(51)52/h11-13,17,22,28,32,39H,2,5-10,14-16H2,1,3-4H3,(H5-,38,40,45,46,47,49,50,51,52)/p+1/b26-12-,41-27+/t28-,32-/m1/s1. The van der Waals surface area contributed by atoms with Gasteiger partial charge in [-0.05, 0) is 33.6 Å². The van der Waals surface area contributed by atoms with E-state index in [1.165, 1.54) is 36.6 Å². The second kappa shape index (κ2) is 15.4. The zero-order valence-electron chi connectivity index (χ0n) is 30.5. The number of carbonyl (C=O) groups excluding carboxylic acids is 1. The Morgan fingerprint density at radius 2 is 1.87 bits per heavy atom. The second-order valence-corrected chi connectivity index (χ2v) is 16.9. The Bertz CT molecular complexity index is 2130. The third kappa shape index (κ3) is 7.99. The number of fused-ring (bicyclic) bond motifs is 1. The van der Waals surface area contributed by atoms with Crippen molar-refractivity contribution in [3.63, 3.8) is 0 Å². The van der Waals surface area contributed by atoms with Gasteiger partial charge >= 0.3 is 11.9 Å². The summed E-state index contributed by atoms with van der Waals surface area (Å²) in [7, 11) is 0. The van der Waals surface area contributed by atoms with Gasteiger partial charge in [-0.1, -0.05) is 23.3 Å². The molecule has 16 nitrogen and oxygen atoms in total. The molecular formula is C36H43ClN7O9S2+. The van der Waals surface area contributed by atoms with E-state index in [0.717, 1.165) is 42.6 Å². The maximum atomic E-state index is 13.9. The summed E-state index contributed by atoms with van der Waals surface area (Å²) in [4.78, 5) is 63.0. The number of carboxylic acids is 2. The average Bonchev–Trinajstić information content (AvgIpc) is 3.74. The van der Waals surface area contributed by atoms with Crippen LogP contribution in [0.3, 0.4) is 0 Å². The Kier molecular flexibility index (Phi) is 11.2. The van der Waals surface area contributed by atoms with Crippen LogP contribution in [-0.4, -0.2) is 105 Å². The molecule has 1 amide bonds. The molecule has 2 aromatic heterocycles. The van der Waals surface area contributed by atoms with Crippen molar-refractivity contribution in [2.24, 2.45) is 5.16 Å². The summed E-state index contributed by atoms with van der Waals surface area (Å²) in [6.45, 7) is 10.4. The fourth-order valence-electron chi connectivity index (χ4n) is 7.11. The van der Waals surface area contributed by atoms with Crippen LogP contribution in [0.4, 0.5) is 5.13 Å². The number of anilines is 1. The number of aliphatic carboxylic acids is 2. The second-order valence-electron chi connectivity index (χ2n) is 14.7. The number of carbonyl (C=O) groups is 3. The molecule has 3 aliphatic heterocycles. The number of thioether (sulfide) groups is 1. The van der Waals surface area contributed by atoms with Gasteiger partial charge in [0.1, 0.15) is 35.9 Å². The molecule has 0 bridgehead atoms. The number of carboxylic acid groups (broad SMARTS) is 2. The van der Waals surface area contributed by atoms with Crippen LogP contribution in [-0.2, 0) is 25.8 Å². The van der Waals surface area contributed by atoms with Crippen LogP contribution in [0.1, 0.15) is 68.1 Å². The summed E-state index contributed by atoms with van der Waals surface area (Å²) in [6, 6.07) is -0.755. The topological polar surface area (TPSA) is 230 Å². The molecule has 1 aliphatic carbocycles. The molecule has 294 valence electrons. The zero-order chi connectivity index (χ0) is 40.0. The number of hydrogen-bond acceptors (Lipinski definition) is 13. The van der Waals surface area contributed by atoms with Crippen molar-refractivity contribution in [2.75, 3.05) is 31.1 Å². The van der Waals surface area contributed by atoms with E-state index in [9.17, 15) is 39.6 Å². The van der Waals surface area contributed by atoms with E-state index >= 15 is 0 Å². The van der Waals surface area contributed by atoms with Crippen LogP contribution >= 0.6 is 34.7 Å². The van der Waals surface area contributed by atoms with E-state index < -0.39 is 46.4 Å². The van der Waals surface area contributed by atoms with Crippen molar-refractivity contribution < 1.29 is 44.1 Å². The SMILES string of the molecule is C=C(N[C@@H]1C(=O)N2C(C(=O)O)=C(C[N+]3(Cc4cn(C5CC5)c(/C=C(O)\C(O)=C\Cl)c(C)c4=O)CCCC3)CS[C@H]12)/C(=N\OC(C)(C)C(=O)O)c1csc(N)n1. The van der Waals surface area contributed by atoms with E-state index in [-0.39, 0.29) is 39.4 Å². The molecule has 55 heavy (non-hydrogen) atoms. The Morgan fingerprint density at radius 1 is 1.18 bits per heavy atom. The lowest BCUT2D eigenvalue weighted by atomic mass is 10.0. The minimum absolute atomic E-state index is 0.0339. The summed E-state index contributed by atoms with van der Waals surface area (Å²) in [6.07, 6.45) is 6.72. The molecule has 0 unspecified atom stereocenters. The van der Waals surface area contributed by atoms with E-state index in [1.807, 2.05) is 10.8 Å². The average molecular weight is 817 g/mol. The van der Waals surface area contributed by atoms with Crippen LogP contribution < -0.4 is 16.5 Å². The third-order valence-corrected chi connectivity index (χ3v) is 12.4. The molecule has 7 N–H and O–H groups in total. The highest BCUT2D eigenvalue weighted by Crippen LogP contribution is 2.42. The Labute approximate surface area is 329 Å². The first-order valence-electron chi connectivity index (χ1n) is 17.5. The van der Waals surface area contributed by atoms with Crippen molar-refractivity contribution in [1.82, 2.24) is 19.8 Å². The summed E-state index contributed by atoms with van der Waals surface area (Å²) in [5.74, 6) is -3.63. The normalized spacial score (nSPS) is 21.6. The molecule has 0 radical (unpaired) electrons. The minimum Gasteiger partial charge on any atom is -0.504 e. The quantitative estimate of drug-likeness (QED) is 0.0371. The Morgan fingerprint density at radius 3 is 2.45 bits per heavy atom. The van der Waals surface area contributed by atoms with Gasteiger partial charge in [-0.3, -0.25) is 14.5 Å². The lowest BCUT2D eigenvalue weighted by molar-refractivity contribution is -0.925. The Hall–Kier alpha value is -4.78. The molecule has 19 heteroatoms. The van der Waals surface area contributed by atoms with E-state index in [0.29, 0.717) is 58.8 Å².